The fourth-order valence-corrected chi connectivity index (χ4v) is 3.60. The van der Waals surface area contributed by atoms with Gasteiger partial charge in [-0.1, -0.05) is 37.3 Å². The number of ether oxygens (including phenoxy) is 1. The number of fused-ring (bicyclic) bond motifs is 1. The molecule has 0 N–H and O–H groups in total. The molecule has 4 nitrogen and oxygen atoms in total. The number of Topliss-reactive ketones (excluding diaryl/α,β-unsaturated/α-hetero) is 1. The monoisotopic (exact) mass is 351 g/mol. The molecule has 0 saturated carbocycles. The summed E-state index contributed by atoms with van der Waals surface area (Å²) in [5, 5.41) is 0.967. The highest BCUT2D eigenvalue weighted by Gasteiger charge is 2.23. The number of carbonyl (C=O) groups excluding carboxylic acids is 2. The first kappa shape index (κ1) is 18.3. The molecule has 0 bridgehead atoms. The molecule has 0 saturated heterocycles. The zero-order chi connectivity index (χ0) is 18.8. The van der Waals surface area contributed by atoms with Gasteiger partial charge in [-0.15, -0.1) is 0 Å². The molecule has 136 valence electrons. The van der Waals surface area contributed by atoms with Crippen LogP contribution in [0.15, 0.2) is 48.1 Å². The normalized spacial score (nSPS) is 19.6. The molecule has 2 aromatic rings. The summed E-state index contributed by atoms with van der Waals surface area (Å²) in [7, 11) is 0. The van der Waals surface area contributed by atoms with Crippen molar-refractivity contribution in [1.82, 2.24) is 4.57 Å². The number of ketones is 1. The molecule has 1 aromatic carbocycles. The topological polar surface area (TPSA) is 48.3 Å². The van der Waals surface area contributed by atoms with E-state index in [-0.39, 0.29) is 23.7 Å². The van der Waals surface area contributed by atoms with Crippen LogP contribution in [0.5, 0.6) is 0 Å². The SMILES string of the molecule is CCOC1C=CC(C(=O)n2c(C)cc3c(CC(C)=O)cccc32)=CC1C. The summed E-state index contributed by atoms with van der Waals surface area (Å²) in [5.74, 6) is 0.216. The molecule has 26 heavy (non-hydrogen) atoms. The van der Waals surface area contributed by atoms with Gasteiger partial charge in [0.15, 0.2) is 0 Å². The third kappa shape index (κ3) is 3.42. The number of aromatic nitrogens is 1. The third-order valence-electron chi connectivity index (χ3n) is 4.79. The van der Waals surface area contributed by atoms with Crippen LogP contribution in [0.25, 0.3) is 10.9 Å². The second-order valence-electron chi connectivity index (χ2n) is 6.92. The van der Waals surface area contributed by atoms with Gasteiger partial charge in [0.2, 0.25) is 0 Å². The third-order valence-corrected chi connectivity index (χ3v) is 4.79. The molecule has 0 fully saturated rings. The highest BCUT2D eigenvalue weighted by Crippen LogP contribution is 2.27. The Morgan fingerprint density at radius 2 is 2.04 bits per heavy atom. The van der Waals surface area contributed by atoms with Crippen LogP contribution in [0.2, 0.25) is 0 Å². The predicted molar refractivity (Wildman–Crippen MR) is 103 cm³/mol. The molecule has 1 aromatic heterocycles. The van der Waals surface area contributed by atoms with E-state index < -0.39 is 0 Å². The Morgan fingerprint density at radius 1 is 1.27 bits per heavy atom. The molecular formula is C22H25NO3. The average Bonchev–Trinajstić information content (AvgIpc) is 2.93. The quantitative estimate of drug-likeness (QED) is 0.809. The van der Waals surface area contributed by atoms with Crippen LogP contribution in [0.1, 0.15) is 36.8 Å². The van der Waals surface area contributed by atoms with Crippen molar-refractivity contribution in [1.29, 1.82) is 0 Å². The van der Waals surface area contributed by atoms with E-state index in [1.807, 2.05) is 56.3 Å². The Kier molecular flexibility index (Phi) is 5.23. The molecule has 0 spiro atoms. The average molecular weight is 351 g/mol. The van der Waals surface area contributed by atoms with Crippen molar-refractivity contribution in [3.8, 4) is 0 Å². The molecule has 2 atom stereocenters. The Hall–Kier alpha value is -2.46. The van der Waals surface area contributed by atoms with E-state index in [0.29, 0.717) is 18.6 Å². The van der Waals surface area contributed by atoms with Crippen molar-refractivity contribution in [3.05, 3.63) is 59.3 Å². The highest BCUT2D eigenvalue weighted by molar-refractivity contribution is 6.05. The lowest BCUT2D eigenvalue weighted by Crippen LogP contribution is -2.24. The summed E-state index contributed by atoms with van der Waals surface area (Å²) in [6.07, 6.45) is 6.19. The Bertz CT molecular complexity index is 917. The van der Waals surface area contributed by atoms with E-state index in [2.05, 4.69) is 6.92 Å². The van der Waals surface area contributed by atoms with Gasteiger partial charge in [-0.2, -0.15) is 0 Å². The van der Waals surface area contributed by atoms with Gasteiger partial charge in [0.05, 0.1) is 11.6 Å². The standard InChI is InChI=1S/C22H25NO3/c1-5-26-21-10-9-18(11-14(21)2)22(25)23-15(3)12-19-17(13-16(4)24)7-6-8-20(19)23/h6-12,14,21H,5,13H2,1-4H3. The van der Waals surface area contributed by atoms with Crippen LogP contribution in [0.4, 0.5) is 0 Å². The summed E-state index contributed by atoms with van der Waals surface area (Å²) in [6.45, 7) is 8.19. The van der Waals surface area contributed by atoms with Gasteiger partial charge in [-0.05, 0) is 38.5 Å². The molecule has 0 aliphatic heterocycles. The molecule has 2 unspecified atom stereocenters. The summed E-state index contributed by atoms with van der Waals surface area (Å²) >= 11 is 0. The van der Waals surface area contributed by atoms with E-state index in [1.165, 1.54) is 0 Å². The summed E-state index contributed by atoms with van der Waals surface area (Å²) in [4.78, 5) is 24.7. The van der Waals surface area contributed by atoms with Gasteiger partial charge in [-0.25, -0.2) is 0 Å². The number of hydrogen-bond donors (Lipinski definition) is 0. The van der Waals surface area contributed by atoms with E-state index in [4.69, 9.17) is 4.74 Å². The molecular weight excluding hydrogens is 326 g/mol. The highest BCUT2D eigenvalue weighted by atomic mass is 16.5. The van der Waals surface area contributed by atoms with E-state index in [9.17, 15) is 9.59 Å². The molecule has 1 aliphatic carbocycles. The van der Waals surface area contributed by atoms with Gasteiger partial charge in [0.25, 0.3) is 5.91 Å². The first-order valence-electron chi connectivity index (χ1n) is 9.08. The van der Waals surface area contributed by atoms with Crippen molar-refractivity contribution < 1.29 is 14.3 Å². The Labute approximate surface area is 154 Å². The maximum Gasteiger partial charge on any atom is 0.262 e. The van der Waals surface area contributed by atoms with E-state index >= 15 is 0 Å². The lowest BCUT2D eigenvalue weighted by molar-refractivity contribution is -0.116. The molecule has 1 heterocycles. The molecule has 0 radical (unpaired) electrons. The van der Waals surface area contributed by atoms with Gasteiger partial charge in [0, 0.05) is 35.6 Å². The fourth-order valence-electron chi connectivity index (χ4n) is 3.60. The summed E-state index contributed by atoms with van der Waals surface area (Å²) in [6, 6.07) is 7.78. The number of allylic oxidation sites excluding steroid dienone is 2. The minimum absolute atomic E-state index is 0.0150. The van der Waals surface area contributed by atoms with Crippen LogP contribution < -0.4 is 0 Å². The number of benzene rings is 1. The lowest BCUT2D eigenvalue weighted by atomic mass is 9.94. The second-order valence-corrected chi connectivity index (χ2v) is 6.92. The molecule has 0 amide bonds. The van der Waals surface area contributed by atoms with Crippen LogP contribution in [-0.2, 0) is 16.0 Å². The predicted octanol–water partition coefficient (Wildman–Crippen LogP) is 4.26. The van der Waals surface area contributed by atoms with Gasteiger partial charge in [-0.3, -0.25) is 14.2 Å². The number of carbonyl (C=O) groups is 2. The first-order valence-corrected chi connectivity index (χ1v) is 9.08. The maximum atomic E-state index is 13.2. The van der Waals surface area contributed by atoms with Crippen LogP contribution in [0, 0.1) is 12.8 Å². The first-order chi connectivity index (χ1) is 12.4. The van der Waals surface area contributed by atoms with Crippen molar-refractivity contribution >= 4 is 22.6 Å². The second kappa shape index (κ2) is 7.42. The van der Waals surface area contributed by atoms with Crippen LogP contribution >= 0.6 is 0 Å². The minimum Gasteiger partial charge on any atom is -0.374 e. The smallest absolute Gasteiger partial charge is 0.262 e. The molecule has 1 aliphatic rings. The van der Waals surface area contributed by atoms with Gasteiger partial charge >= 0.3 is 0 Å². The maximum absolute atomic E-state index is 13.2. The van der Waals surface area contributed by atoms with Crippen molar-refractivity contribution in [2.75, 3.05) is 6.61 Å². The van der Waals surface area contributed by atoms with Gasteiger partial charge in [0.1, 0.15) is 5.78 Å². The van der Waals surface area contributed by atoms with Crippen molar-refractivity contribution in [3.63, 3.8) is 0 Å². The van der Waals surface area contributed by atoms with Crippen LogP contribution in [0.3, 0.4) is 0 Å². The number of aryl methyl sites for hydroxylation is 1. The largest absolute Gasteiger partial charge is 0.374 e. The Balaban J connectivity index is 2.00. The number of rotatable bonds is 5. The Morgan fingerprint density at radius 3 is 2.69 bits per heavy atom. The van der Waals surface area contributed by atoms with Gasteiger partial charge < -0.3 is 4.74 Å². The summed E-state index contributed by atoms with van der Waals surface area (Å²) < 4.78 is 7.42. The zero-order valence-corrected chi connectivity index (χ0v) is 15.8. The fraction of sp³-hybridized carbons (Fsp3) is 0.364. The van der Waals surface area contributed by atoms with Crippen molar-refractivity contribution in [2.24, 2.45) is 5.92 Å². The van der Waals surface area contributed by atoms with Crippen molar-refractivity contribution in [2.45, 2.75) is 40.2 Å². The zero-order valence-electron chi connectivity index (χ0n) is 15.8. The molecule has 3 rings (SSSR count). The van der Waals surface area contributed by atoms with E-state index in [0.717, 1.165) is 22.2 Å². The molecule has 4 heteroatoms. The number of nitrogens with zero attached hydrogens (tertiary/aromatic N) is 1. The summed E-state index contributed by atoms with van der Waals surface area (Å²) in [5.41, 5.74) is 3.35. The number of hydrogen-bond acceptors (Lipinski definition) is 3. The van der Waals surface area contributed by atoms with E-state index in [1.54, 1.807) is 11.5 Å². The van der Waals surface area contributed by atoms with Crippen LogP contribution in [-0.4, -0.2) is 29.0 Å². The minimum atomic E-state index is -0.0458. The lowest BCUT2D eigenvalue weighted by Gasteiger charge is -2.22.